The Bertz CT molecular complexity index is 2850. The predicted molar refractivity (Wildman–Crippen MR) is 353 cm³/mol. The third kappa shape index (κ3) is 59.1. The highest BCUT2D eigenvalue weighted by Crippen LogP contribution is 2.19. The number of esters is 5. The Morgan fingerprint density at radius 3 is 1.03 bits per heavy atom. The zero-order valence-electron chi connectivity index (χ0n) is 57.5. The molecule has 4 aromatic carbocycles. The lowest BCUT2D eigenvalue weighted by Gasteiger charge is -2.32. The lowest BCUT2D eigenvalue weighted by atomic mass is 10.0. The molecule has 0 spiro atoms. The van der Waals surface area contributed by atoms with E-state index in [1.54, 1.807) is 0 Å². The van der Waals surface area contributed by atoms with Crippen LogP contribution in [0.4, 0.5) is 0 Å². The van der Waals surface area contributed by atoms with Crippen LogP contribution >= 0.6 is 15.9 Å². The summed E-state index contributed by atoms with van der Waals surface area (Å²) in [4.78, 5) is 139. The van der Waals surface area contributed by atoms with Gasteiger partial charge in [-0.05, 0) is 177 Å². The second-order valence-corrected chi connectivity index (χ2v) is 26.2. The topological polar surface area (TPSA) is 373 Å². The van der Waals surface area contributed by atoms with Crippen molar-refractivity contribution in [2.24, 2.45) is 11.5 Å². The minimum absolute atomic E-state index is 0.0318. The Hall–Kier alpha value is -8.46. The summed E-state index contributed by atoms with van der Waals surface area (Å²) in [6.07, 6.45) is 6.15. The fourth-order valence-electron chi connectivity index (χ4n) is 7.53. The van der Waals surface area contributed by atoms with Crippen LogP contribution in [0.5, 0.6) is 0 Å². The molecular formula is C70H99BrN4O20. The van der Waals surface area contributed by atoms with Crippen molar-refractivity contribution in [1.82, 2.24) is 10.2 Å². The number of halogens is 1. The van der Waals surface area contributed by atoms with Crippen LogP contribution < -0.4 is 16.8 Å². The van der Waals surface area contributed by atoms with Gasteiger partial charge >= 0.3 is 60.4 Å². The van der Waals surface area contributed by atoms with Crippen molar-refractivity contribution in [3.8, 4) is 0 Å². The van der Waals surface area contributed by atoms with Crippen molar-refractivity contribution in [3.63, 3.8) is 0 Å². The molecule has 0 fully saturated rings. The van der Waals surface area contributed by atoms with Crippen LogP contribution in [-0.4, -0.2) is 148 Å². The van der Waals surface area contributed by atoms with E-state index >= 15 is 0 Å². The van der Waals surface area contributed by atoms with Crippen LogP contribution in [0.15, 0.2) is 121 Å². The molecule has 6 N–H and O–H groups in total. The number of nitrogens with one attached hydrogen (secondary N) is 1. The summed E-state index contributed by atoms with van der Waals surface area (Å²) in [6.45, 7) is 28.0. The standard InChI is InChI=1S/C22H34BrNO4.C20H31NO4.C14H21NO2.C10H13NO2.4CO2/c1-21(2,3)27-19(25)16-24(15-14-23)18(20(26)28-22(4,5)6)13-12-17-10-8-7-9-11-17;1-19(2,3)24-17(22)14-21-16(18(23)25-20(4,5)6)13-12-15-10-8-7-9-11-15;1-14(2,3)17-13(16)12(15)10-9-11-7-5-4-6-8-11;11-9(10(12)13)7-6-8-4-2-1-3-5-8;4*2-1-3/h7-11,18H,12-16H2,1-6H3;7-11,16,21H,12-14H2,1-6H3;4-8,12H,9-10,15H2,1-3H3;1-5,9H,6-7,11H2,(H,12,13);;;;/t18-;16-;12-;9-;;;;/m0000..../s1. The highest BCUT2D eigenvalue weighted by molar-refractivity contribution is 9.09. The van der Waals surface area contributed by atoms with Gasteiger partial charge in [0.1, 0.15) is 52.2 Å². The van der Waals surface area contributed by atoms with Gasteiger partial charge in [-0.2, -0.15) is 38.4 Å². The maximum absolute atomic E-state index is 12.9. The van der Waals surface area contributed by atoms with Gasteiger partial charge in [-0.25, -0.2) is 0 Å². The molecule has 526 valence electrons. The minimum atomic E-state index is -0.934. The number of ether oxygens (including phenoxy) is 5. The number of hydrogen-bond acceptors (Lipinski definition) is 23. The fraction of sp³-hybridized carbons (Fsp3) is 0.514. The molecule has 0 saturated carbocycles. The number of nitrogens with zero attached hydrogens (tertiary/aromatic N) is 1. The summed E-state index contributed by atoms with van der Waals surface area (Å²) >= 11 is 3.43. The Morgan fingerprint density at radius 2 is 0.716 bits per heavy atom. The maximum Gasteiger partial charge on any atom is 0.373 e. The van der Waals surface area contributed by atoms with Gasteiger partial charge in [-0.15, -0.1) is 0 Å². The number of hydrogen-bond donors (Lipinski definition) is 4. The van der Waals surface area contributed by atoms with Gasteiger partial charge in [0.2, 0.25) is 0 Å². The monoisotopic (exact) mass is 1390 g/mol. The number of carbonyl (C=O) groups excluding carboxylic acids is 13. The van der Waals surface area contributed by atoms with Gasteiger partial charge in [0.25, 0.3) is 0 Å². The summed E-state index contributed by atoms with van der Waals surface area (Å²) in [6, 6.07) is 37.2. The number of alkyl halides is 1. The molecule has 0 unspecified atom stereocenters. The van der Waals surface area contributed by atoms with E-state index < -0.39 is 58.1 Å². The molecule has 25 heteroatoms. The van der Waals surface area contributed by atoms with Gasteiger partial charge in [0.15, 0.2) is 0 Å². The predicted octanol–water partition coefficient (Wildman–Crippen LogP) is 8.61. The average molecular weight is 1400 g/mol. The van der Waals surface area contributed by atoms with Crippen LogP contribution in [0, 0.1) is 0 Å². The van der Waals surface area contributed by atoms with Gasteiger partial charge in [-0.3, -0.25) is 39.0 Å². The van der Waals surface area contributed by atoms with Crippen LogP contribution in [-0.2, 0) is 116 Å². The second-order valence-electron chi connectivity index (χ2n) is 25.4. The summed E-state index contributed by atoms with van der Waals surface area (Å²) in [7, 11) is 0. The number of benzene rings is 4. The number of carboxylic acids is 1. The molecular weight excluding hydrogens is 1300 g/mol. The molecule has 0 heterocycles. The van der Waals surface area contributed by atoms with Crippen LogP contribution in [0.3, 0.4) is 0 Å². The summed E-state index contributed by atoms with van der Waals surface area (Å²) < 4.78 is 27.1. The summed E-state index contributed by atoms with van der Waals surface area (Å²) in [5, 5.41) is 12.2. The van der Waals surface area contributed by atoms with Gasteiger partial charge < -0.3 is 40.3 Å². The lowest BCUT2D eigenvalue weighted by Crippen LogP contribution is -2.48. The van der Waals surface area contributed by atoms with E-state index in [1.165, 1.54) is 5.56 Å². The van der Waals surface area contributed by atoms with Crippen molar-refractivity contribution in [3.05, 3.63) is 144 Å². The van der Waals surface area contributed by atoms with E-state index in [9.17, 15) is 28.8 Å². The number of aryl methyl sites for hydroxylation is 4. The molecule has 0 aliphatic heterocycles. The maximum atomic E-state index is 12.9. The molecule has 95 heavy (non-hydrogen) atoms. The summed E-state index contributed by atoms with van der Waals surface area (Å²) in [5.41, 5.74) is 13.0. The number of nitrogens with two attached hydrogens (primary N) is 2. The third-order valence-corrected chi connectivity index (χ3v) is 11.5. The SMILES string of the molecule is CC(C)(C)OC(=O)CN(CCBr)[C@@H](CCc1ccccc1)C(=O)OC(C)(C)C.CC(C)(C)OC(=O)CN[C@@H](CCc1ccccc1)C(=O)OC(C)(C)C.CC(C)(C)OC(=O)[C@@H](N)CCc1ccccc1.N[C@@H](CCc1ccccc1)C(=O)O.O=C=O.O=C=O.O=C=O.O=C=O. The van der Waals surface area contributed by atoms with Crippen LogP contribution in [0.2, 0.25) is 0 Å². The Labute approximate surface area is 567 Å². The smallest absolute Gasteiger partial charge is 0.373 e. The number of carbonyl (C=O) groups is 6. The molecule has 0 amide bonds. The van der Waals surface area contributed by atoms with E-state index in [1.807, 2.05) is 230 Å². The van der Waals surface area contributed by atoms with Crippen molar-refractivity contribution in [2.45, 2.75) is 207 Å². The average Bonchev–Trinajstić information content (AvgIpc) is 0.904. The first-order valence-corrected chi connectivity index (χ1v) is 31.3. The highest BCUT2D eigenvalue weighted by Gasteiger charge is 2.33. The Balaban J connectivity index is -0.000000564. The lowest BCUT2D eigenvalue weighted by molar-refractivity contribution is -0.193. The largest absolute Gasteiger partial charge is 0.480 e. The zero-order chi connectivity index (χ0) is 73.9. The normalized spacial score (nSPS) is 11.8. The first-order valence-electron chi connectivity index (χ1n) is 30.1. The molecule has 0 aliphatic rings. The molecule has 4 aromatic rings. The zero-order valence-corrected chi connectivity index (χ0v) is 59.1. The van der Waals surface area contributed by atoms with Crippen molar-refractivity contribution >= 4 is 76.4 Å². The van der Waals surface area contributed by atoms with E-state index in [0.29, 0.717) is 50.4 Å². The van der Waals surface area contributed by atoms with Gasteiger partial charge in [0, 0.05) is 11.9 Å². The van der Waals surface area contributed by atoms with Gasteiger partial charge in [-0.1, -0.05) is 137 Å². The van der Waals surface area contributed by atoms with E-state index in [2.05, 4.69) is 21.2 Å². The van der Waals surface area contributed by atoms with Crippen molar-refractivity contribution in [1.29, 1.82) is 0 Å². The van der Waals surface area contributed by atoms with Crippen molar-refractivity contribution < 1.29 is 95.9 Å². The Kier molecular flexibility index (Phi) is 50.8. The fourth-order valence-corrected chi connectivity index (χ4v) is 7.98. The molecule has 0 radical (unpaired) electrons. The van der Waals surface area contributed by atoms with E-state index in [-0.39, 0.29) is 67.5 Å². The number of carboxylic acid groups (broad SMARTS) is 1. The molecule has 24 nitrogen and oxygen atoms in total. The molecule has 0 saturated heterocycles. The second kappa shape index (κ2) is 51.9. The van der Waals surface area contributed by atoms with Crippen LogP contribution in [0.1, 0.15) is 152 Å². The minimum Gasteiger partial charge on any atom is -0.480 e. The molecule has 0 aliphatic carbocycles. The molecule has 0 bridgehead atoms. The van der Waals surface area contributed by atoms with E-state index in [4.69, 9.17) is 78.6 Å². The van der Waals surface area contributed by atoms with Crippen LogP contribution in [0.25, 0.3) is 0 Å². The first-order chi connectivity index (χ1) is 44.1. The van der Waals surface area contributed by atoms with Crippen molar-refractivity contribution in [2.75, 3.05) is 25.0 Å². The van der Waals surface area contributed by atoms with E-state index in [0.717, 1.165) is 29.5 Å². The highest BCUT2D eigenvalue weighted by atomic mass is 79.9. The third-order valence-electron chi connectivity index (χ3n) is 11.2. The number of aliphatic carboxylic acids is 1. The molecule has 0 aromatic heterocycles. The van der Waals surface area contributed by atoms with Gasteiger partial charge in [0.05, 0.1) is 13.1 Å². The number of rotatable bonds is 24. The molecule has 4 atom stereocenters. The molecule has 4 rings (SSSR count). The first kappa shape index (κ1) is 92.9. The quantitative estimate of drug-likeness (QED) is 0.0289. The Morgan fingerprint density at radius 1 is 0.432 bits per heavy atom. The summed E-state index contributed by atoms with van der Waals surface area (Å²) in [5.74, 6) is -2.66.